The summed E-state index contributed by atoms with van der Waals surface area (Å²) in [5.74, 6) is -1.48. The van der Waals surface area contributed by atoms with Gasteiger partial charge in [0.05, 0.1) is 19.4 Å². The van der Waals surface area contributed by atoms with Gasteiger partial charge in [-0.3, -0.25) is 9.59 Å². The number of carbonyl (C=O) groups excluding carboxylic acids is 3. The van der Waals surface area contributed by atoms with Crippen molar-refractivity contribution in [3.05, 3.63) is 35.9 Å². The Hall–Kier alpha value is -2.42. The lowest BCUT2D eigenvalue weighted by molar-refractivity contribution is -0.150. The van der Waals surface area contributed by atoms with Crippen molar-refractivity contribution in [1.82, 2.24) is 10.2 Å². The Morgan fingerprint density at radius 3 is 2.56 bits per heavy atom. The van der Waals surface area contributed by atoms with Crippen molar-refractivity contribution in [3.8, 4) is 0 Å². The fourth-order valence-corrected chi connectivity index (χ4v) is 3.72. The molecule has 0 bridgehead atoms. The van der Waals surface area contributed by atoms with Crippen molar-refractivity contribution in [2.75, 3.05) is 20.2 Å². The first-order valence-corrected chi connectivity index (χ1v) is 9.42. The van der Waals surface area contributed by atoms with Crippen LogP contribution in [0, 0.1) is 0 Å². The van der Waals surface area contributed by atoms with Crippen LogP contribution in [0.25, 0.3) is 0 Å². The number of likely N-dealkylation sites (tertiary alicyclic amines) is 1. The molecular weight excluding hydrogens is 348 g/mol. The van der Waals surface area contributed by atoms with Crippen LogP contribution in [0.4, 0.5) is 4.79 Å². The number of nitrogens with one attached hydrogen (secondary N) is 1. The van der Waals surface area contributed by atoms with Crippen LogP contribution in [0.2, 0.25) is 0 Å². The molecule has 1 aliphatic heterocycles. The summed E-state index contributed by atoms with van der Waals surface area (Å²) in [6.07, 6.45) is 1.13. The Labute approximate surface area is 146 Å². The monoisotopic (exact) mass is 368 g/mol. The summed E-state index contributed by atoms with van der Waals surface area (Å²) >= 11 is 0. The lowest BCUT2D eigenvalue weighted by atomic mass is 10.2. The highest BCUT2D eigenvalue weighted by Gasteiger charge is 2.35. The number of hydrogen-bond acceptors (Lipinski definition) is 6. The Bertz CT molecular complexity index is 747. The van der Waals surface area contributed by atoms with Crippen LogP contribution in [0.3, 0.4) is 0 Å². The molecular formula is C16H20N2O6S. The van der Waals surface area contributed by atoms with Gasteiger partial charge < -0.3 is 15.0 Å². The number of esters is 1. The fourth-order valence-electron chi connectivity index (χ4n) is 2.66. The van der Waals surface area contributed by atoms with Crippen molar-refractivity contribution < 1.29 is 27.5 Å². The summed E-state index contributed by atoms with van der Waals surface area (Å²) in [5, 5.41) is 0.917. The number of sulfone groups is 1. The normalized spacial score (nSPS) is 17.2. The fraction of sp³-hybridized carbons (Fsp3) is 0.438. The van der Waals surface area contributed by atoms with Gasteiger partial charge >= 0.3 is 11.2 Å². The van der Waals surface area contributed by atoms with Gasteiger partial charge in [-0.25, -0.2) is 13.2 Å². The number of carbonyl (C=O) groups is 3. The van der Waals surface area contributed by atoms with Crippen molar-refractivity contribution in [2.45, 2.75) is 24.6 Å². The average molecular weight is 368 g/mol. The molecule has 136 valence electrons. The van der Waals surface area contributed by atoms with E-state index in [-0.39, 0.29) is 0 Å². The number of benzene rings is 1. The molecule has 2 rings (SSSR count). The molecule has 0 unspecified atom stereocenters. The van der Waals surface area contributed by atoms with Crippen LogP contribution in [-0.4, -0.2) is 56.7 Å². The maximum atomic E-state index is 12.2. The predicted molar refractivity (Wildman–Crippen MR) is 89.2 cm³/mol. The quantitative estimate of drug-likeness (QED) is 0.757. The second-order valence-corrected chi connectivity index (χ2v) is 7.54. The lowest BCUT2D eigenvalue weighted by Gasteiger charge is -2.22. The third kappa shape index (κ3) is 4.79. The first kappa shape index (κ1) is 18.9. The Morgan fingerprint density at radius 1 is 1.24 bits per heavy atom. The van der Waals surface area contributed by atoms with E-state index in [4.69, 9.17) is 0 Å². The molecule has 1 fully saturated rings. The van der Waals surface area contributed by atoms with Crippen molar-refractivity contribution in [2.24, 2.45) is 0 Å². The zero-order valence-electron chi connectivity index (χ0n) is 13.8. The van der Waals surface area contributed by atoms with E-state index >= 15 is 0 Å². The molecule has 1 atom stereocenters. The van der Waals surface area contributed by atoms with Crippen LogP contribution in [0.15, 0.2) is 30.3 Å². The van der Waals surface area contributed by atoms with E-state index in [2.05, 4.69) is 10.1 Å². The molecule has 0 aromatic heterocycles. The largest absolute Gasteiger partial charge is 0.467 e. The molecule has 0 radical (unpaired) electrons. The molecule has 1 heterocycles. The number of rotatable bonds is 5. The summed E-state index contributed by atoms with van der Waals surface area (Å²) in [4.78, 5) is 37.0. The second kappa shape index (κ2) is 8.11. The van der Waals surface area contributed by atoms with Gasteiger partial charge in [-0.1, -0.05) is 30.3 Å². The van der Waals surface area contributed by atoms with Crippen LogP contribution < -0.4 is 5.32 Å². The third-order valence-electron chi connectivity index (χ3n) is 3.91. The first-order valence-electron chi connectivity index (χ1n) is 7.77. The highest BCUT2D eigenvalue weighted by atomic mass is 32.2. The maximum Gasteiger partial charge on any atom is 0.337 e. The standard InChI is InChI=1S/C16H20N2O6S/c1-24-15(20)13-8-5-9-18(13)14(19)10-17-16(21)25(22,23)11-12-6-3-2-4-7-12/h2-4,6-7,13H,5,8-11H2,1H3,(H,17,21)/t13-/m0/s1. The van der Waals surface area contributed by atoms with E-state index in [0.717, 1.165) is 0 Å². The number of methoxy groups -OCH3 is 1. The molecule has 1 saturated heterocycles. The molecule has 1 N–H and O–H groups in total. The first-order chi connectivity index (χ1) is 11.8. The van der Waals surface area contributed by atoms with E-state index in [0.29, 0.717) is 24.9 Å². The highest BCUT2D eigenvalue weighted by Crippen LogP contribution is 2.18. The number of nitrogens with zero attached hydrogens (tertiary/aromatic N) is 1. The molecule has 9 heteroatoms. The molecule has 0 saturated carbocycles. The van der Waals surface area contributed by atoms with Crippen molar-refractivity contribution >= 4 is 27.0 Å². The maximum absolute atomic E-state index is 12.2. The SMILES string of the molecule is COC(=O)[C@@H]1CCCN1C(=O)CNC(=O)S(=O)(=O)Cc1ccccc1. The van der Waals surface area contributed by atoms with E-state index < -0.39 is 45.3 Å². The van der Waals surface area contributed by atoms with Crippen molar-refractivity contribution in [1.29, 1.82) is 0 Å². The van der Waals surface area contributed by atoms with E-state index in [1.54, 1.807) is 30.3 Å². The molecule has 0 aliphatic carbocycles. The number of hydrogen-bond donors (Lipinski definition) is 1. The van der Waals surface area contributed by atoms with E-state index in [9.17, 15) is 22.8 Å². The van der Waals surface area contributed by atoms with Gasteiger partial charge in [-0.05, 0) is 18.4 Å². The summed E-state index contributed by atoms with van der Waals surface area (Å²) in [6.45, 7) is -0.119. The zero-order valence-corrected chi connectivity index (χ0v) is 14.6. The summed E-state index contributed by atoms with van der Waals surface area (Å²) < 4.78 is 28.7. The minimum absolute atomic E-state index is 0.366. The Balaban J connectivity index is 1.92. The third-order valence-corrected chi connectivity index (χ3v) is 5.33. The van der Waals surface area contributed by atoms with Crippen LogP contribution in [0.5, 0.6) is 0 Å². The number of amides is 2. The molecule has 0 spiro atoms. The minimum atomic E-state index is -4.08. The van der Waals surface area contributed by atoms with Crippen LogP contribution in [-0.2, 0) is 29.9 Å². The molecule has 8 nitrogen and oxygen atoms in total. The molecule has 1 aromatic rings. The number of ether oxygens (including phenoxy) is 1. The second-order valence-electron chi connectivity index (χ2n) is 5.65. The van der Waals surface area contributed by atoms with E-state index in [1.165, 1.54) is 12.0 Å². The topological polar surface area (TPSA) is 110 Å². The van der Waals surface area contributed by atoms with Gasteiger partial charge in [-0.2, -0.15) is 0 Å². The Kier molecular flexibility index (Phi) is 6.13. The molecule has 25 heavy (non-hydrogen) atoms. The van der Waals surface area contributed by atoms with E-state index in [1.807, 2.05) is 0 Å². The molecule has 2 amide bonds. The Morgan fingerprint density at radius 2 is 1.92 bits per heavy atom. The summed E-state index contributed by atoms with van der Waals surface area (Å²) in [6, 6.07) is 7.60. The smallest absolute Gasteiger partial charge is 0.337 e. The minimum Gasteiger partial charge on any atom is -0.467 e. The van der Waals surface area contributed by atoms with Gasteiger partial charge in [0.15, 0.2) is 0 Å². The van der Waals surface area contributed by atoms with Gasteiger partial charge in [0.2, 0.25) is 15.7 Å². The lowest BCUT2D eigenvalue weighted by Crippen LogP contribution is -2.46. The van der Waals surface area contributed by atoms with Gasteiger partial charge in [-0.15, -0.1) is 0 Å². The average Bonchev–Trinajstić information content (AvgIpc) is 3.09. The molecule has 1 aliphatic rings. The van der Waals surface area contributed by atoms with Gasteiger partial charge in [0, 0.05) is 6.54 Å². The summed E-state index contributed by atoms with van der Waals surface area (Å²) in [7, 11) is -2.84. The summed E-state index contributed by atoms with van der Waals surface area (Å²) in [5.41, 5.74) is 0.481. The van der Waals surface area contributed by atoms with Crippen LogP contribution >= 0.6 is 0 Å². The van der Waals surface area contributed by atoms with Gasteiger partial charge in [0.25, 0.3) is 0 Å². The van der Waals surface area contributed by atoms with Crippen LogP contribution in [0.1, 0.15) is 18.4 Å². The van der Waals surface area contributed by atoms with Crippen molar-refractivity contribution in [3.63, 3.8) is 0 Å². The van der Waals surface area contributed by atoms with Gasteiger partial charge in [0.1, 0.15) is 6.04 Å². The predicted octanol–water partition coefficient (Wildman–Crippen LogP) is 0.475. The zero-order chi connectivity index (χ0) is 18.4. The molecule has 1 aromatic carbocycles. The highest BCUT2D eigenvalue weighted by molar-refractivity contribution is 8.05.